The largest absolute Gasteiger partial charge is 0.396 e. The van der Waals surface area contributed by atoms with Crippen molar-refractivity contribution in [2.75, 3.05) is 19.7 Å². The van der Waals surface area contributed by atoms with Gasteiger partial charge in [-0.1, -0.05) is 24.3 Å². The van der Waals surface area contributed by atoms with Gasteiger partial charge < -0.3 is 15.3 Å². The molecule has 1 heterocycles. The maximum atomic E-state index is 12.6. The van der Waals surface area contributed by atoms with Gasteiger partial charge in [0.05, 0.1) is 0 Å². The third kappa shape index (κ3) is 3.52. The first-order valence-electron chi connectivity index (χ1n) is 8.88. The molecular formula is C19H28N2O2. The molecule has 23 heavy (non-hydrogen) atoms. The maximum Gasteiger partial charge on any atom is 0.317 e. The first-order chi connectivity index (χ1) is 11.2. The topological polar surface area (TPSA) is 52.6 Å². The smallest absolute Gasteiger partial charge is 0.317 e. The summed E-state index contributed by atoms with van der Waals surface area (Å²) in [5, 5.41) is 12.4. The van der Waals surface area contributed by atoms with Crippen molar-refractivity contribution in [1.29, 1.82) is 0 Å². The van der Waals surface area contributed by atoms with Crippen LogP contribution in [0.3, 0.4) is 0 Å². The molecule has 3 rings (SSSR count). The minimum absolute atomic E-state index is 0.0445. The molecule has 0 bridgehead atoms. The van der Waals surface area contributed by atoms with E-state index in [0.717, 1.165) is 45.2 Å². The molecule has 1 aliphatic heterocycles. The number of piperidine rings is 1. The van der Waals surface area contributed by atoms with Crippen LogP contribution >= 0.6 is 0 Å². The third-order valence-electron chi connectivity index (χ3n) is 5.50. The van der Waals surface area contributed by atoms with Crippen molar-refractivity contribution in [2.24, 2.45) is 0 Å². The second kappa shape index (κ2) is 6.91. The molecule has 4 heteroatoms. The van der Waals surface area contributed by atoms with Crippen LogP contribution < -0.4 is 5.32 Å². The van der Waals surface area contributed by atoms with E-state index in [1.807, 2.05) is 4.90 Å². The van der Waals surface area contributed by atoms with Gasteiger partial charge in [0.1, 0.15) is 0 Å². The fraction of sp³-hybridized carbons (Fsp3) is 0.632. The van der Waals surface area contributed by atoms with Crippen LogP contribution in [0.15, 0.2) is 24.3 Å². The van der Waals surface area contributed by atoms with Crippen molar-refractivity contribution in [3.05, 3.63) is 35.4 Å². The molecule has 1 saturated heterocycles. The molecular weight excluding hydrogens is 288 g/mol. The summed E-state index contributed by atoms with van der Waals surface area (Å²) in [5.74, 6) is 0. The first kappa shape index (κ1) is 16.3. The van der Waals surface area contributed by atoms with Crippen LogP contribution in [0.5, 0.6) is 0 Å². The van der Waals surface area contributed by atoms with Gasteiger partial charge in [-0.2, -0.15) is 0 Å². The van der Waals surface area contributed by atoms with Crippen molar-refractivity contribution < 1.29 is 9.90 Å². The van der Waals surface area contributed by atoms with E-state index < -0.39 is 0 Å². The SMILES string of the molecule is Cc1ccccc1C1(CNC(=O)N2CCCCC2CCO)CC1. The summed E-state index contributed by atoms with van der Waals surface area (Å²) in [5.41, 5.74) is 2.84. The second-order valence-electron chi connectivity index (χ2n) is 7.11. The van der Waals surface area contributed by atoms with Crippen LogP contribution in [0.25, 0.3) is 0 Å². The van der Waals surface area contributed by atoms with E-state index in [1.165, 1.54) is 11.1 Å². The second-order valence-corrected chi connectivity index (χ2v) is 7.11. The summed E-state index contributed by atoms with van der Waals surface area (Å²) in [6.45, 7) is 3.84. The van der Waals surface area contributed by atoms with Gasteiger partial charge >= 0.3 is 6.03 Å². The minimum Gasteiger partial charge on any atom is -0.396 e. The number of hydrogen-bond donors (Lipinski definition) is 2. The van der Waals surface area contributed by atoms with Crippen LogP contribution in [0.2, 0.25) is 0 Å². The number of likely N-dealkylation sites (tertiary alicyclic amines) is 1. The van der Waals surface area contributed by atoms with E-state index in [9.17, 15) is 9.90 Å². The van der Waals surface area contributed by atoms with Gasteiger partial charge in [-0.05, 0) is 56.6 Å². The normalized spacial score (nSPS) is 22.7. The number of nitrogens with one attached hydrogen (secondary N) is 1. The monoisotopic (exact) mass is 316 g/mol. The number of aliphatic hydroxyl groups is 1. The molecule has 0 spiro atoms. The number of aliphatic hydroxyl groups excluding tert-OH is 1. The van der Waals surface area contributed by atoms with Crippen molar-refractivity contribution in [3.63, 3.8) is 0 Å². The number of benzene rings is 1. The highest BCUT2D eigenvalue weighted by Gasteiger charge is 2.45. The number of carbonyl (C=O) groups is 1. The molecule has 1 unspecified atom stereocenters. The molecule has 1 aromatic rings. The van der Waals surface area contributed by atoms with Crippen LogP contribution in [0.4, 0.5) is 4.79 Å². The van der Waals surface area contributed by atoms with Gasteiger partial charge in [-0.15, -0.1) is 0 Å². The average Bonchev–Trinajstić information content (AvgIpc) is 3.35. The average molecular weight is 316 g/mol. The summed E-state index contributed by atoms with van der Waals surface area (Å²) in [6, 6.07) is 8.75. The Morgan fingerprint density at radius 3 is 2.83 bits per heavy atom. The van der Waals surface area contributed by atoms with Crippen LogP contribution in [-0.2, 0) is 5.41 Å². The quantitative estimate of drug-likeness (QED) is 0.877. The minimum atomic E-state index is 0.0445. The Hall–Kier alpha value is -1.55. The lowest BCUT2D eigenvalue weighted by atomic mass is 9.92. The van der Waals surface area contributed by atoms with Crippen molar-refractivity contribution in [2.45, 2.75) is 56.9 Å². The Morgan fingerprint density at radius 2 is 2.13 bits per heavy atom. The molecule has 2 amide bonds. The fourth-order valence-electron chi connectivity index (χ4n) is 3.92. The standard InChI is InChI=1S/C19H28N2O2/c1-15-6-2-3-8-17(15)19(10-11-19)14-20-18(23)21-12-5-4-7-16(21)9-13-22/h2-3,6,8,16,22H,4-5,7,9-14H2,1H3,(H,20,23). The molecule has 0 radical (unpaired) electrons. The van der Waals surface area contributed by atoms with E-state index in [2.05, 4.69) is 36.5 Å². The Balaban J connectivity index is 1.61. The predicted molar refractivity (Wildman–Crippen MR) is 91.5 cm³/mol. The number of amides is 2. The number of urea groups is 1. The van der Waals surface area contributed by atoms with Crippen LogP contribution in [0.1, 0.15) is 49.7 Å². The first-order valence-corrected chi connectivity index (χ1v) is 8.88. The van der Waals surface area contributed by atoms with Gasteiger partial charge in [0, 0.05) is 31.2 Å². The van der Waals surface area contributed by atoms with Gasteiger partial charge in [0.2, 0.25) is 0 Å². The summed E-state index contributed by atoms with van der Waals surface area (Å²) < 4.78 is 0. The number of hydrogen-bond acceptors (Lipinski definition) is 2. The van der Waals surface area contributed by atoms with Crippen LogP contribution in [0, 0.1) is 6.92 Å². The molecule has 0 aromatic heterocycles. The molecule has 1 aliphatic carbocycles. The van der Waals surface area contributed by atoms with E-state index in [0.29, 0.717) is 6.42 Å². The molecule has 1 aromatic carbocycles. The lowest BCUT2D eigenvalue weighted by Gasteiger charge is -2.36. The number of carbonyl (C=O) groups excluding carboxylic acids is 1. The molecule has 2 aliphatic rings. The molecule has 1 atom stereocenters. The van der Waals surface area contributed by atoms with Gasteiger partial charge in [-0.25, -0.2) is 4.79 Å². The van der Waals surface area contributed by atoms with Crippen LogP contribution in [-0.4, -0.2) is 41.8 Å². The van der Waals surface area contributed by atoms with Gasteiger partial charge in [0.15, 0.2) is 0 Å². The highest BCUT2D eigenvalue weighted by Crippen LogP contribution is 2.48. The highest BCUT2D eigenvalue weighted by molar-refractivity contribution is 5.75. The summed E-state index contributed by atoms with van der Waals surface area (Å²) in [7, 11) is 0. The third-order valence-corrected chi connectivity index (χ3v) is 5.50. The molecule has 1 saturated carbocycles. The highest BCUT2D eigenvalue weighted by atomic mass is 16.3. The Labute approximate surface area is 138 Å². The van der Waals surface area contributed by atoms with Crippen molar-refractivity contribution in [1.82, 2.24) is 10.2 Å². The summed E-state index contributed by atoms with van der Waals surface area (Å²) in [4.78, 5) is 14.5. The zero-order chi connectivity index (χ0) is 16.3. The van der Waals surface area contributed by atoms with Crippen molar-refractivity contribution >= 4 is 6.03 Å². The van der Waals surface area contributed by atoms with Gasteiger partial charge in [0.25, 0.3) is 0 Å². The summed E-state index contributed by atoms with van der Waals surface area (Å²) in [6.07, 6.45) is 6.23. The van der Waals surface area contributed by atoms with Gasteiger partial charge in [-0.3, -0.25) is 0 Å². The molecule has 2 N–H and O–H groups in total. The summed E-state index contributed by atoms with van der Waals surface area (Å²) >= 11 is 0. The zero-order valence-corrected chi connectivity index (χ0v) is 14.1. The number of nitrogens with zero attached hydrogens (tertiary/aromatic N) is 1. The van der Waals surface area contributed by atoms with E-state index in [-0.39, 0.29) is 24.1 Å². The number of rotatable bonds is 5. The Bertz CT molecular complexity index is 552. The zero-order valence-electron chi connectivity index (χ0n) is 14.1. The fourth-order valence-corrected chi connectivity index (χ4v) is 3.92. The lowest BCUT2D eigenvalue weighted by molar-refractivity contribution is 0.131. The maximum absolute atomic E-state index is 12.6. The molecule has 126 valence electrons. The lowest BCUT2D eigenvalue weighted by Crippen LogP contribution is -2.50. The van der Waals surface area contributed by atoms with E-state index in [4.69, 9.17) is 0 Å². The van der Waals surface area contributed by atoms with E-state index >= 15 is 0 Å². The Morgan fingerprint density at radius 1 is 1.35 bits per heavy atom. The van der Waals surface area contributed by atoms with Crippen molar-refractivity contribution in [3.8, 4) is 0 Å². The predicted octanol–water partition coefficient (Wildman–Crippen LogP) is 2.97. The van der Waals surface area contributed by atoms with E-state index in [1.54, 1.807) is 0 Å². The molecule has 2 fully saturated rings. The number of aryl methyl sites for hydroxylation is 1. The molecule has 4 nitrogen and oxygen atoms in total. The Kier molecular flexibility index (Phi) is 4.90.